The zero-order valence-corrected chi connectivity index (χ0v) is 7.58. The average Bonchev–Trinajstić information content (AvgIpc) is 2.17. The Kier molecular flexibility index (Phi) is 2.01. The minimum atomic E-state index is -0.332. The molecule has 0 aliphatic heterocycles. The molecule has 0 radical (unpaired) electrons. The van der Waals surface area contributed by atoms with Gasteiger partial charge in [0.1, 0.15) is 11.6 Å². The number of benzene rings is 1. The van der Waals surface area contributed by atoms with Crippen LogP contribution in [-0.2, 0) is 0 Å². The van der Waals surface area contributed by atoms with Gasteiger partial charge in [-0.1, -0.05) is 0 Å². The molecule has 1 aromatic carbocycles. The minimum absolute atomic E-state index is 0.332. The Morgan fingerprint density at radius 3 is 2.86 bits per heavy atom. The summed E-state index contributed by atoms with van der Waals surface area (Å²) in [6.45, 7) is 1.75. The molecule has 2 aromatic rings. The second kappa shape index (κ2) is 3.19. The van der Waals surface area contributed by atoms with Crippen LogP contribution in [0, 0.1) is 12.7 Å². The lowest BCUT2D eigenvalue weighted by molar-refractivity contribution is 0.629. The molecular formula is C9H9FN4. The molecule has 0 fully saturated rings. The van der Waals surface area contributed by atoms with Gasteiger partial charge in [-0.3, -0.25) is 0 Å². The Hall–Kier alpha value is -1.75. The maximum Gasteiger partial charge on any atom is 0.151 e. The van der Waals surface area contributed by atoms with E-state index in [1.165, 1.54) is 12.1 Å². The van der Waals surface area contributed by atoms with Crippen LogP contribution in [-0.4, -0.2) is 9.97 Å². The van der Waals surface area contributed by atoms with Crippen LogP contribution in [0.4, 0.5) is 10.2 Å². The van der Waals surface area contributed by atoms with Crippen LogP contribution < -0.4 is 11.3 Å². The molecule has 3 N–H and O–H groups in total. The van der Waals surface area contributed by atoms with E-state index >= 15 is 0 Å². The first kappa shape index (κ1) is 8.83. The Bertz CT molecular complexity index is 483. The first-order chi connectivity index (χ1) is 6.70. The van der Waals surface area contributed by atoms with Gasteiger partial charge in [0.2, 0.25) is 0 Å². The molecular weight excluding hydrogens is 183 g/mol. The fourth-order valence-electron chi connectivity index (χ4n) is 1.33. The van der Waals surface area contributed by atoms with Crippen LogP contribution in [0.1, 0.15) is 5.82 Å². The van der Waals surface area contributed by atoms with Gasteiger partial charge < -0.3 is 5.43 Å². The van der Waals surface area contributed by atoms with E-state index in [-0.39, 0.29) is 5.82 Å². The number of hydrogen-bond donors (Lipinski definition) is 2. The van der Waals surface area contributed by atoms with Crippen LogP contribution in [0.3, 0.4) is 0 Å². The van der Waals surface area contributed by atoms with Crippen molar-refractivity contribution < 1.29 is 4.39 Å². The smallest absolute Gasteiger partial charge is 0.151 e. The summed E-state index contributed by atoms with van der Waals surface area (Å²) in [4.78, 5) is 8.20. The van der Waals surface area contributed by atoms with Crippen LogP contribution in [0.2, 0.25) is 0 Å². The Balaban J connectivity index is 2.81. The third-order valence-corrected chi connectivity index (χ3v) is 1.91. The fraction of sp³-hybridized carbons (Fsp3) is 0.111. The van der Waals surface area contributed by atoms with E-state index < -0.39 is 0 Å². The van der Waals surface area contributed by atoms with Crippen LogP contribution in [0.5, 0.6) is 0 Å². The number of anilines is 1. The van der Waals surface area contributed by atoms with Crippen molar-refractivity contribution in [2.75, 3.05) is 5.43 Å². The number of aryl methyl sites for hydroxylation is 1. The molecule has 0 spiro atoms. The predicted octanol–water partition coefficient (Wildman–Crippen LogP) is 1.36. The zero-order valence-electron chi connectivity index (χ0n) is 7.58. The van der Waals surface area contributed by atoms with Crippen molar-refractivity contribution in [3.63, 3.8) is 0 Å². The lowest BCUT2D eigenvalue weighted by Gasteiger charge is -2.05. The molecule has 0 aliphatic rings. The molecule has 4 nitrogen and oxygen atoms in total. The number of nitrogens with one attached hydrogen (secondary N) is 1. The van der Waals surface area contributed by atoms with E-state index in [1.807, 2.05) is 0 Å². The second-order valence-corrected chi connectivity index (χ2v) is 2.93. The van der Waals surface area contributed by atoms with Gasteiger partial charge in [-0.15, -0.1) is 0 Å². The van der Waals surface area contributed by atoms with Gasteiger partial charge in [0, 0.05) is 5.39 Å². The highest BCUT2D eigenvalue weighted by atomic mass is 19.1. The van der Waals surface area contributed by atoms with Crippen molar-refractivity contribution in [1.82, 2.24) is 9.97 Å². The van der Waals surface area contributed by atoms with Crippen molar-refractivity contribution in [1.29, 1.82) is 0 Å². The molecule has 2 rings (SSSR count). The third-order valence-electron chi connectivity index (χ3n) is 1.91. The van der Waals surface area contributed by atoms with Crippen LogP contribution in [0.25, 0.3) is 10.9 Å². The maximum absolute atomic E-state index is 12.9. The van der Waals surface area contributed by atoms with Gasteiger partial charge in [-0.05, 0) is 25.1 Å². The van der Waals surface area contributed by atoms with Crippen LogP contribution >= 0.6 is 0 Å². The highest BCUT2D eigenvalue weighted by Gasteiger charge is 2.04. The van der Waals surface area contributed by atoms with Gasteiger partial charge in [-0.2, -0.15) is 0 Å². The minimum Gasteiger partial charge on any atom is -0.308 e. The van der Waals surface area contributed by atoms with E-state index in [0.29, 0.717) is 22.5 Å². The molecule has 0 aliphatic carbocycles. The van der Waals surface area contributed by atoms with Gasteiger partial charge in [0.05, 0.1) is 5.52 Å². The van der Waals surface area contributed by atoms with E-state index in [9.17, 15) is 4.39 Å². The first-order valence-electron chi connectivity index (χ1n) is 4.11. The molecule has 0 amide bonds. The quantitative estimate of drug-likeness (QED) is 0.529. The molecule has 0 saturated carbocycles. The van der Waals surface area contributed by atoms with Crippen molar-refractivity contribution in [3.8, 4) is 0 Å². The molecule has 1 heterocycles. The van der Waals surface area contributed by atoms with Gasteiger partial charge in [-0.25, -0.2) is 20.2 Å². The number of rotatable bonds is 1. The topological polar surface area (TPSA) is 63.8 Å². The van der Waals surface area contributed by atoms with Crippen molar-refractivity contribution >= 4 is 16.7 Å². The number of nitrogens with zero attached hydrogens (tertiary/aromatic N) is 2. The Morgan fingerprint density at radius 1 is 1.36 bits per heavy atom. The number of aromatic nitrogens is 2. The summed E-state index contributed by atoms with van der Waals surface area (Å²) >= 11 is 0. The molecule has 72 valence electrons. The second-order valence-electron chi connectivity index (χ2n) is 2.93. The average molecular weight is 192 g/mol. The van der Waals surface area contributed by atoms with Gasteiger partial charge in [0.25, 0.3) is 0 Å². The van der Waals surface area contributed by atoms with Crippen molar-refractivity contribution in [2.24, 2.45) is 5.84 Å². The summed E-state index contributed by atoms with van der Waals surface area (Å²) in [5.41, 5.74) is 3.09. The number of nitrogen functional groups attached to an aromatic ring is 1. The lowest BCUT2D eigenvalue weighted by atomic mass is 10.2. The molecule has 0 saturated heterocycles. The Morgan fingerprint density at radius 2 is 2.14 bits per heavy atom. The van der Waals surface area contributed by atoms with Crippen molar-refractivity contribution in [2.45, 2.75) is 6.92 Å². The maximum atomic E-state index is 12.9. The predicted molar refractivity (Wildman–Crippen MR) is 52.0 cm³/mol. The summed E-state index contributed by atoms with van der Waals surface area (Å²) < 4.78 is 12.9. The highest BCUT2D eigenvalue weighted by Crippen LogP contribution is 2.20. The summed E-state index contributed by atoms with van der Waals surface area (Å²) in [7, 11) is 0. The molecule has 0 bridgehead atoms. The zero-order chi connectivity index (χ0) is 10.1. The van der Waals surface area contributed by atoms with Crippen molar-refractivity contribution in [3.05, 3.63) is 29.8 Å². The third kappa shape index (κ3) is 1.38. The van der Waals surface area contributed by atoms with Gasteiger partial charge >= 0.3 is 0 Å². The van der Waals surface area contributed by atoms with E-state index in [1.54, 1.807) is 13.0 Å². The number of hydrogen-bond acceptors (Lipinski definition) is 4. The van der Waals surface area contributed by atoms with E-state index in [2.05, 4.69) is 15.4 Å². The van der Waals surface area contributed by atoms with Gasteiger partial charge in [0.15, 0.2) is 5.82 Å². The number of hydrazine groups is 1. The molecule has 0 unspecified atom stereocenters. The molecule has 0 atom stereocenters. The SMILES string of the molecule is Cc1nc(NN)c2cc(F)ccc2n1. The molecule has 1 aromatic heterocycles. The largest absolute Gasteiger partial charge is 0.308 e. The molecule has 14 heavy (non-hydrogen) atoms. The molecule has 5 heteroatoms. The fourth-order valence-corrected chi connectivity index (χ4v) is 1.33. The lowest BCUT2D eigenvalue weighted by Crippen LogP contribution is -2.10. The number of fused-ring (bicyclic) bond motifs is 1. The summed E-state index contributed by atoms with van der Waals surface area (Å²) in [6.07, 6.45) is 0. The Labute approximate surface area is 79.9 Å². The monoisotopic (exact) mass is 192 g/mol. The summed E-state index contributed by atoms with van der Waals surface area (Å²) in [5.74, 6) is 5.97. The standard InChI is InChI=1S/C9H9FN4/c1-5-12-8-3-2-6(10)4-7(8)9(13-5)14-11/h2-4H,11H2,1H3,(H,12,13,14). The highest BCUT2D eigenvalue weighted by molar-refractivity contribution is 5.88. The normalized spacial score (nSPS) is 10.5. The number of nitrogens with two attached hydrogens (primary N) is 1. The summed E-state index contributed by atoms with van der Waals surface area (Å²) in [6, 6.07) is 4.30. The van der Waals surface area contributed by atoms with E-state index in [4.69, 9.17) is 5.84 Å². The van der Waals surface area contributed by atoms with E-state index in [0.717, 1.165) is 0 Å². The van der Waals surface area contributed by atoms with Crippen LogP contribution in [0.15, 0.2) is 18.2 Å². The summed E-state index contributed by atoms with van der Waals surface area (Å²) in [5, 5.41) is 0.582. The first-order valence-corrected chi connectivity index (χ1v) is 4.11. The number of halogens is 1.